The fourth-order valence-corrected chi connectivity index (χ4v) is 3.12. The molecule has 120 valence electrons. The third kappa shape index (κ3) is 2.51. The van der Waals surface area contributed by atoms with E-state index in [0.717, 1.165) is 4.57 Å². The first kappa shape index (κ1) is 15.9. The molecular formula is C14H11BrClFN4O2. The summed E-state index contributed by atoms with van der Waals surface area (Å²) in [5.41, 5.74) is 0.236. The largest absolute Gasteiger partial charge is 0.332 e. The number of fused-ring (bicyclic) bond motifs is 1. The maximum Gasteiger partial charge on any atom is 0.332 e. The molecule has 2 aromatic heterocycles. The van der Waals surface area contributed by atoms with Crippen LogP contribution in [0, 0.1) is 5.82 Å². The highest BCUT2D eigenvalue weighted by Crippen LogP contribution is 2.23. The zero-order valence-electron chi connectivity index (χ0n) is 12.2. The summed E-state index contributed by atoms with van der Waals surface area (Å²) in [6.07, 6.45) is 0. The highest BCUT2D eigenvalue weighted by atomic mass is 79.9. The number of aryl methyl sites for hydroxylation is 1. The van der Waals surface area contributed by atoms with E-state index < -0.39 is 17.1 Å². The normalized spacial score (nSPS) is 11.3. The van der Waals surface area contributed by atoms with Gasteiger partial charge in [0.1, 0.15) is 5.82 Å². The minimum atomic E-state index is -0.479. The lowest BCUT2D eigenvalue weighted by Gasteiger charge is -2.11. The lowest BCUT2D eigenvalue weighted by Crippen LogP contribution is -2.37. The molecule has 1 aromatic carbocycles. The molecule has 0 amide bonds. The molecule has 2 heterocycles. The Morgan fingerprint density at radius 3 is 2.61 bits per heavy atom. The van der Waals surface area contributed by atoms with Crippen LogP contribution in [0.1, 0.15) is 5.56 Å². The third-order valence-corrected chi connectivity index (χ3v) is 4.59. The predicted octanol–water partition coefficient (Wildman–Crippen LogP) is 2.04. The molecular weight excluding hydrogens is 391 g/mol. The van der Waals surface area contributed by atoms with Crippen molar-refractivity contribution in [2.75, 3.05) is 0 Å². The first-order chi connectivity index (χ1) is 10.8. The smallest absolute Gasteiger partial charge is 0.300 e. The molecule has 0 atom stereocenters. The van der Waals surface area contributed by atoms with Gasteiger partial charge in [-0.15, -0.1) is 0 Å². The molecule has 3 aromatic rings. The predicted molar refractivity (Wildman–Crippen MR) is 88.4 cm³/mol. The summed E-state index contributed by atoms with van der Waals surface area (Å²) in [7, 11) is 2.95. The molecule has 0 radical (unpaired) electrons. The standard InChI is InChI=1S/C14H11BrClFN4O2/c1-19-11-10(12(22)20(2)14(19)23)18-13(15)21(11)6-7-3-4-8(17)5-9(7)16/h3-5H,6H2,1-2H3. The van der Waals surface area contributed by atoms with Gasteiger partial charge in [-0.1, -0.05) is 17.7 Å². The molecule has 23 heavy (non-hydrogen) atoms. The number of aromatic nitrogens is 4. The second-order valence-electron chi connectivity index (χ2n) is 5.08. The number of hydrogen-bond acceptors (Lipinski definition) is 3. The van der Waals surface area contributed by atoms with E-state index in [1.165, 1.54) is 23.7 Å². The van der Waals surface area contributed by atoms with Crippen LogP contribution in [0.2, 0.25) is 5.02 Å². The number of hydrogen-bond donors (Lipinski definition) is 0. The average molecular weight is 402 g/mol. The van der Waals surface area contributed by atoms with Crippen molar-refractivity contribution in [3.8, 4) is 0 Å². The topological polar surface area (TPSA) is 61.8 Å². The van der Waals surface area contributed by atoms with Gasteiger partial charge in [0.15, 0.2) is 15.9 Å². The van der Waals surface area contributed by atoms with Gasteiger partial charge in [0.2, 0.25) is 0 Å². The Bertz CT molecular complexity index is 1050. The Morgan fingerprint density at radius 1 is 1.26 bits per heavy atom. The van der Waals surface area contributed by atoms with Crippen LogP contribution in [-0.2, 0) is 20.6 Å². The molecule has 0 fully saturated rings. The number of halogens is 3. The second-order valence-corrected chi connectivity index (χ2v) is 6.20. The van der Waals surface area contributed by atoms with Gasteiger partial charge in [0.05, 0.1) is 6.54 Å². The fourth-order valence-electron chi connectivity index (χ4n) is 2.42. The van der Waals surface area contributed by atoms with Gasteiger partial charge in [-0.05, 0) is 33.6 Å². The van der Waals surface area contributed by atoms with Crippen molar-refractivity contribution < 1.29 is 4.39 Å². The summed E-state index contributed by atoms with van der Waals surface area (Å²) in [6.45, 7) is 0.233. The van der Waals surface area contributed by atoms with Gasteiger partial charge >= 0.3 is 5.69 Å². The van der Waals surface area contributed by atoms with Gasteiger partial charge in [0.25, 0.3) is 5.56 Å². The summed E-state index contributed by atoms with van der Waals surface area (Å²) in [4.78, 5) is 28.5. The summed E-state index contributed by atoms with van der Waals surface area (Å²) in [5.74, 6) is -0.436. The van der Waals surface area contributed by atoms with Gasteiger partial charge in [0, 0.05) is 19.1 Å². The molecule has 3 rings (SSSR count). The van der Waals surface area contributed by atoms with Crippen molar-refractivity contribution in [3.05, 3.63) is 60.2 Å². The van der Waals surface area contributed by atoms with Crippen LogP contribution in [0.3, 0.4) is 0 Å². The Kier molecular flexibility index (Phi) is 3.89. The SMILES string of the molecule is Cn1c(=O)c2nc(Br)n(Cc3ccc(F)cc3Cl)c2n(C)c1=O. The van der Waals surface area contributed by atoms with E-state index in [1.54, 1.807) is 17.7 Å². The van der Waals surface area contributed by atoms with Crippen LogP contribution in [0.4, 0.5) is 4.39 Å². The van der Waals surface area contributed by atoms with Crippen molar-refractivity contribution in [2.45, 2.75) is 6.54 Å². The number of rotatable bonds is 2. The molecule has 6 nitrogen and oxygen atoms in total. The van der Waals surface area contributed by atoms with Crippen LogP contribution in [0.25, 0.3) is 11.2 Å². The Hall–Kier alpha value is -1.93. The summed E-state index contributed by atoms with van der Waals surface area (Å²) in [6, 6.07) is 4.06. The van der Waals surface area contributed by atoms with Gasteiger partial charge in [-0.25, -0.2) is 14.2 Å². The maximum atomic E-state index is 13.2. The van der Waals surface area contributed by atoms with Crippen molar-refractivity contribution in [1.82, 2.24) is 18.7 Å². The van der Waals surface area contributed by atoms with Crippen LogP contribution in [-0.4, -0.2) is 18.7 Å². The van der Waals surface area contributed by atoms with Crippen molar-refractivity contribution in [1.29, 1.82) is 0 Å². The average Bonchev–Trinajstić information content (AvgIpc) is 2.83. The van der Waals surface area contributed by atoms with Crippen LogP contribution in [0.5, 0.6) is 0 Å². The van der Waals surface area contributed by atoms with E-state index in [4.69, 9.17) is 11.6 Å². The lowest BCUT2D eigenvalue weighted by molar-refractivity contribution is 0.626. The quantitative estimate of drug-likeness (QED) is 0.617. The van der Waals surface area contributed by atoms with Crippen LogP contribution >= 0.6 is 27.5 Å². The number of imidazole rings is 1. The lowest BCUT2D eigenvalue weighted by atomic mass is 10.2. The van der Waals surface area contributed by atoms with E-state index in [1.807, 2.05) is 0 Å². The number of benzene rings is 1. The Labute approximate surface area is 142 Å². The summed E-state index contributed by atoms with van der Waals surface area (Å²) >= 11 is 9.35. The van der Waals surface area contributed by atoms with Crippen molar-refractivity contribution >= 4 is 38.7 Å². The minimum Gasteiger partial charge on any atom is -0.300 e. The zero-order chi connectivity index (χ0) is 16.9. The Balaban J connectivity index is 2.28. The van der Waals surface area contributed by atoms with Gasteiger partial charge in [-0.2, -0.15) is 0 Å². The molecule has 0 aliphatic rings. The molecule has 0 bridgehead atoms. The molecule has 0 spiro atoms. The molecule has 0 saturated heterocycles. The van der Waals surface area contributed by atoms with Crippen molar-refractivity contribution in [3.63, 3.8) is 0 Å². The molecule has 0 aliphatic heterocycles. The van der Waals surface area contributed by atoms with Crippen LogP contribution in [0.15, 0.2) is 32.5 Å². The molecule has 0 saturated carbocycles. The summed E-state index contributed by atoms with van der Waals surface area (Å²) < 4.78 is 17.5. The number of nitrogens with zero attached hydrogens (tertiary/aromatic N) is 4. The van der Waals surface area contributed by atoms with Gasteiger partial charge < -0.3 is 0 Å². The van der Waals surface area contributed by atoms with Crippen LogP contribution < -0.4 is 11.2 Å². The Morgan fingerprint density at radius 2 is 1.96 bits per heavy atom. The maximum absolute atomic E-state index is 13.2. The second kappa shape index (κ2) is 5.61. The van der Waals surface area contributed by atoms with E-state index in [-0.39, 0.29) is 17.1 Å². The molecule has 9 heteroatoms. The summed E-state index contributed by atoms with van der Waals surface area (Å²) in [5, 5.41) is 0.257. The van der Waals surface area contributed by atoms with E-state index >= 15 is 0 Å². The first-order valence-electron chi connectivity index (χ1n) is 6.57. The fraction of sp³-hybridized carbons (Fsp3) is 0.214. The molecule has 0 aliphatic carbocycles. The first-order valence-corrected chi connectivity index (χ1v) is 7.74. The highest BCUT2D eigenvalue weighted by Gasteiger charge is 2.18. The third-order valence-electron chi connectivity index (χ3n) is 3.64. The molecule has 0 N–H and O–H groups in total. The zero-order valence-corrected chi connectivity index (χ0v) is 14.5. The van der Waals surface area contributed by atoms with E-state index in [2.05, 4.69) is 20.9 Å². The van der Waals surface area contributed by atoms with Crippen molar-refractivity contribution in [2.24, 2.45) is 14.1 Å². The monoisotopic (exact) mass is 400 g/mol. The van der Waals surface area contributed by atoms with E-state index in [9.17, 15) is 14.0 Å². The van der Waals surface area contributed by atoms with E-state index in [0.29, 0.717) is 15.9 Å². The highest BCUT2D eigenvalue weighted by molar-refractivity contribution is 9.10. The van der Waals surface area contributed by atoms with Gasteiger partial charge in [-0.3, -0.25) is 18.5 Å². The minimum absolute atomic E-state index is 0.166. The molecule has 0 unspecified atom stereocenters.